The van der Waals surface area contributed by atoms with E-state index in [2.05, 4.69) is 0 Å². The van der Waals surface area contributed by atoms with Gasteiger partial charge in [0, 0.05) is 12.6 Å². The van der Waals surface area contributed by atoms with E-state index in [9.17, 15) is 14.9 Å². The third-order valence-electron chi connectivity index (χ3n) is 1.31. The summed E-state index contributed by atoms with van der Waals surface area (Å²) in [6.45, 7) is 5.21. The van der Waals surface area contributed by atoms with Gasteiger partial charge in [-0.15, -0.1) is 0 Å². The van der Waals surface area contributed by atoms with E-state index in [1.54, 1.807) is 20.8 Å². The predicted octanol–water partition coefficient (Wildman–Crippen LogP) is 1.00. The molecule has 0 heterocycles. The first-order valence-corrected chi connectivity index (χ1v) is 4.72. The summed E-state index contributed by atoms with van der Waals surface area (Å²) < 4.78 is 4.91. The summed E-state index contributed by atoms with van der Waals surface area (Å²) in [5.74, 6) is -0.749. The minimum atomic E-state index is -0.749. The van der Waals surface area contributed by atoms with Crippen molar-refractivity contribution in [3.8, 4) is 0 Å². The van der Waals surface area contributed by atoms with Crippen molar-refractivity contribution in [1.29, 1.82) is 0 Å². The van der Waals surface area contributed by atoms with Gasteiger partial charge in [-0.2, -0.15) is 0 Å². The molecule has 0 bridgehead atoms. The maximum absolute atomic E-state index is 11.3. The molecule has 6 heteroatoms. The molecule has 0 radical (unpaired) electrons. The molecule has 0 aromatic carbocycles. The van der Waals surface area contributed by atoms with Gasteiger partial charge in [0.15, 0.2) is 0 Å². The van der Waals surface area contributed by atoms with Crippen molar-refractivity contribution in [2.75, 3.05) is 6.54 Å². The van der Waals surface area contributed by atoms with Crippen LogP contribution in [0.25, 0.3) is 0 Å². The minimum absolute atomic E-state index is 0.166. The fraction of sp³-hybridized carbons (Fsp3) is 0.500. The fourth-order valence-electron chi connectivity index (χ4n) is 0.802. The number of nitro groups is 1. The van der Waals surface area contributed by atoms with Crippen molar-refractivity contribution in [2.45, 2.75) is 26.4 Å². The van der Waals surface area contributed by atoms with Crippen molar-refractivity contribution >= 4 is 5.97 Å². The molecule has 90 valence electrons. The lowest BCUT2D eigenvalue weighted by molar-refractivity contribution is -0.419. The molecule has 6 nitrogen and oxygen atoms in total. The maximum Gasteiger partial charge on any atom is 0.338 e. The van der Waals surface area contributed by atoms with Crippen LogP contribution in [0, 0.1) is 10.1 Å². The number of ether oxygens (including phenoxy) is 1. The highest BCUT2D eigenvalue weighted by Gasteiger charge is 2.17. The molecule has 0 aromatic rings. The normalized spacial score (nSPS) is 12.9. The van der Waals surface area contributed by atoms with Crippen molar-refractivity contribution in [3.05, 3.63) is 34.0 Å². The monoisotopic (exact) mass is 228 g/mol. The molecule has 0 spiro atoms. The summed E-state index contributed by atoms with van der Waals surface area (Å²) in [7, 11) is 0. The Kier molecular flexibility index (Phi) is 5.38. The van der Waals surface area contributed by atoms with Crippen LogP contribution in [0.3, 0.4) is 0 Å². The van der Waals surface area contributed by atoms with Gasteiger partial charge in [-0.1, -0.05) is 6.08 Å². The van der Waals surface area contributed by atoms with E-state index in [1.165, 1.54) is 12.2 Å². The van der Waals surface area contributed by atoms with Gasteiger partial charge in [0.05, 0.1) is 4.92 Å². The molecular formula is C10H16N2O4. The van der Waals surface area contributed by atoms with Crippen molar-refractivity contribution in [3.63, 3.8) is 0 Å². The average molecular weight is 228 g/mol. The molecule has 16 heavy (non-hydrogen) atoms. The lowest BCUT2D eigenvalue weighted by Crippen LogP contribution is -2.23. The Balaban J connectivity index is 4.74. The number of hydrogen-bond acceptors (Lipinski definition) is 5. The number of allylic oxidation sites excluding steroid dienone is 1. The SMILES string of the molecule is CC(C)(C)OC(=O)C=C(/C=C\CN)[N+](=O)[O-]. The van der Waals surface area contributed by atoms with Gasteiger partial charge in [-0.3, -0.25) is 10.1 Å². The topological polar surface area (TPSA) is 95.5 Å². The van der Waals surface area contributed by atoms with Crippen LogP contribution in [0.5, 0.6) is 0 Å². The molecule has 0 atom stereocenters. The second-order valence-corrected chi connectivity index (χ2v) is 4.00. The lowest BCUT2D eigenvalue weighted by Gasteiger charge is -2.17. The number of nitrogens with zero attached hydrogens (tertiary/aromatic N) is 1. The number of nitrogens with two attached hydrogens (primary N) is 1. The fourth-order valence-corrected chi connectivity index (χ4v) is 0.802. The van der Waals surface area contributed by atoms with E-state index in [4.69, 9.17) is 10.5 Å². The second kappa shape index (κ2) is 6.02. The average Bonchev–Trinajstić information content (AvgIpc) is 2.08. The van der Waals surface area contributed by atoms with Crippen molar-refractivity contribution in [2.24, 2.45) is 5.73 Å². The Morgan fingerprint density at radius 1 is 1.50 bits per heavy atom. The molecule has 0 saturated heterocycles. The van der Waals surface area contributed by atoms with Crippen LogP contribution in [0.2, 0.25) is 0 Å². The largest absolute Gasteiger partial charge is 0.457 e. The Morgan fingerprint density at radius 3 is 2.44 bits per heavy atom. The molecule has 0 aliphatic rings. The molecule has 0 saturated carbocycles. The first-order valence-electron chi connectivity index (χ1n) is 4.72. The highest BCUT2D eigenvalue weighted by Crippen LogP contribution is 2.08. The Bertz CT molecular complexity index is 326. The van der Waals surface area contributed by atoms with Crippen LogP contribution in [-0.2, 0) is 9.53 Å². The molecule has 0 amide bonds. The van der Waals surface area contributed by atoms with Gasteiger partial charge >= 0.3 is 5.97 Å². The van der Waals surface area contributed by atoms with Gasteiger partial charge in [0.1, 0.15) is 11.7 Å². The first kappa shape index (κ1) is 14.3. The molecule has 0 aliphatic heterocycles. The van der Waals surface area contributed by atoms with E-state index in [1.807, 2.05) is 0 Å². The van der Waals surface area contributed by atoms with Gasteiger partial charge < -0.3 is 10.5 Å². The van der Waals surface area contributed by atoms with Crippen LogP contribution < -0.4 is 5.73 Å². The van der Waals surface area contributed by atoms with Crippen LogP contribution >= 0.6 is 0 Å². The van der Waals surface area contributed by atoms with Crippen molar-refractivity contribution in [1.82, 2.24) is 0 Å². The zero-order chi connectivity index (χ0) is 12.8. The molecule has 0 unspecified atom stereocenters. The molecular weight excluding hydrogens is 212 g/mol. The zero-order valence-corrected chi connectivity index (χ0v) is 9.60. The first-order chi connectivity index (χ1) is 7.26. The zero-order valence-electron chi connectivity index (χ0n) is 9.60. The van der Waals surface area contributed by atoms with E-state index in [0.29, 0.717) is 0 Å². The van der Waals surface area contributed by atoms with Gasteiger partial charge in [-0.25, -0.2) is 4.79 Å². The summed E-state index contributed by atoms with van der Waals surface area (Å²) in [6.07, 6.45) is 3.39. The van der Waals surface area contributed by atoms with Crippen LogP contribution in [-0.4, -0.2) is 23.0 Å². The Morgan fingerprint density at radius 2 is 2.06 bits per heavy atom. The summed E-state index contributed by atoms with van der Waals surface area (Å²) in [5.41, 5.74) is 4.14. The molecule has 0 rings (SSSR count). The number of carbonyl (C=O) groups is 1. The standard InChI is InChI=1S/C10H16N2O4/c1-10(2,3)16-9(13)7-8(12(14)15)5-4-6-11/h4-5,7H,6,11H2,1-3H3/b5-4-,8-7?. The smallest absolute Gasteiger partial charge is 0.338 e. The lowest BCUT2D eigenvalue weighted by atomic mass is 10.2. The van der Waals surface area contributed by atoms with E-state index in [0.717, 1.165) is 6.08 Å². The van der Waals surface area contributed by atoms with Gasteiger partial charge in [-0.05, 0) is 20.8 Å². The third kappa shape index (κ3) is 6.72. The summed E-state index contributed by atoms with van der Waals surface area (Å²) in [5, 5.41) is 10.5. The Hall–Kier alpha value is -1.69. The highest BCUT2D eigenvalue weighted by molar-refractivity contribution is 5.83. The number of hydrogen-bond donors (Lipinski definition) is 1. The number of carbonyl (C=O) groups excluding carboxylic acids is 1. The van der Waals surface area contributed by atoms with E-state index < -0.39 is 16.5 Å². The van der Waals surface area contributed by atoms with Crippen molar-refractivity contribution < 1.29 is 14.5 Å². The van der Waals surface area contributed by atoms with Crippen LogP contribution in [0.4, 0.5) is 0 Å². The second-order valence-electron chi connectivity index (χ2n) is 4.00. The predicted molar refractivity (Wildman–Crippen MR) is 59.1 cm³/mol. The number of rotatable bonds is 4. The molecule has 0 aliphatic carbocycles. The van der Waals surface area contributed by atoms with Gasteiger partial charge in [0.25, 0.3) is 5.70 Å². The summed E-state index contributed by atoms with van der Waals surface area (Å²) >= 11 is 0. The summed E-state index contributed by atoms with van der Waals surface area (Å²) in [4.78, 5) is 21.1. The van der Waals surface area contributed by atoms with Crippen LogP contribution in [0.15, 0.2) is 23.9 Å². The highest BCUT2D eigenvalue weighted by atomic mass is 16.6. The maximum atomic E-state index is 11.3. The molecule has 0 fully saturated rings. The molecule has 2 N–H and O–H groups in total. The summed E-state index contributed by atoms with van der Waals surface area (Å²) in [6, 6.07) is 0. The van der Waals surface area contributed by atoms with Crippen LogP contribution in [0.1, 0.15) is 20.8 Å². The quantitative estimate of drug-likeness (QED) is 0.254. The minimum Gasteiger partial charge on any atom is -0.457 e. The third-order valence-corrected chi connectivity index (χ3v) is 1.31. The van der Waals surface area contributed by atoms with Gasteiger partial charge in [0.2, 0.25) is 0 Å². The van der Waals surface area contributed by atoms with E-state index >= 15 is 0 Å². The van der Waals surface area contributed by atoms with E-state index in [-0.39, 0.29) is 12.2 Å². The Labute approximate surface area is 93.9 Å². The molecule has 0 aromatic heterocycles. The number of esters is 1.